The van der Waals surface area contributed by atoms with E-state index in [1.807, 2.05) is 32.2 Å². The summed E-state index contributed by atoms with van der Waals surface area (Å²) in [4.78, 5) is 13.8. The fourth-order valence-corrected chi connectivity index (χ4v) is 1.76. The fraction of sp³-hybridized carbons (Fsp3) is 0.500. The van der Waals surface area contributed by atoms with E-state index < -0.39 is 5.54 Å². The molecule has 0 amide bonds. The van der Waals surface area contributed by atoms with Crippen molar-refractivity contribution in [3.05, 3.63) is 30.3 Å². The van der Waals surface area contributed by atoms with E-state index in [0.29, 0.717) is 6.42 Å². The zero-order valence-electron chi connectivity index (χ0n) is 11.6. The summed E-state index contributed by atoms with van der Waals surface area (Å²) in [5.41, 5.74) is 0.499. The van der Waals surface area contributed by atoms with Gasteiger partial charge < -0.3 is 15.0 Å². The van der Waals surface area contributed by atoms with E-state index in [4.69, 9.17) is 4.74 Å². The van der Waals surface area contributed by atoms with Crippen molar-refractivity contribution in [1.82, 2.24) is 5.32 Å². The minimum atomic E-state index is -0.641. The maximum atomic E-state index is 11.7. The smallest absolute Gasteiger partial charge is 0.325 e. The molecule has 0 saturated carbocycles. The Morgan fingerprint density at radius 1 is 1.39 bits per heavy atom. The summed E-state index contributed by atoms with van der Waals surface area (Å²) in [6, 6.07) is 10.1. The molecule has 0 saturated heterocycles. The van der Waals surface area contributed by atoms with E-state index >= 15 is 0 Å². The standard InChI is InChI=1S/C14H22N2O2/c1-14(15-2,13(17)18-4)10-11-16(3)12-8-6-5-7-9-12/h5-9,15H,10-11H2,1-4H3. The Bertz CT molecular complexity index is 381. The van der Waals surface area contributed by atoms with Crippen molar-refractivity contribution in [3.63, 3.8) is 0 Å². The molecular formula is C14H22N2O2. The van der Waals surface area contributed by atoms with Gasteiger partial charge in [-0.05, 0) is 32.5 Å². The topological polar surface area (TPSA) is 41.6 Å². The van der Waals surface area contributed by atoms with E-state index in [1.165, 1.54) is 7.11 Å². The van der Waals surface area contributed by atoms with Crippen LogP contribution in [0.4, 0.5) is 5.69 Å². The second-order valence-corrected chi connectivity index (χ2v) is 4.58. The number of carbonyl (C=O) groups is 1. The first-order chi connectivity index (χ1) is 8.53. The summed E-state index contributed by atoms with van der Waals surface area (Å²) in [5.74, 6) is -0.230. The molecule has 0 spiro atoms. The van der Waals surface area contributed by atoms with Gasteiger partial charge in [0.2, 0.25) is 0 Å². The molecule has 4 nitrogen and oxygen atoms in total. The highest BCUT2D eigenvalue weighted by Crippen LogP contribution is 2.16. The number of hydrogen-bond donors (Lipinski definition) is 1. The van der Waals surface area contributed by atoms with Crippen molar-refractivity contribution < 1.29 is 9.53 Å². The van der Waals surface area contributed by atoms with Crippen LogP contribution in [-0.2, 0) is 9.53 Å². The normalized spacial score (nSPS) is 13.8. The molecule has 0 heterocycles. The third-order valence-electron chi connectivity index (χ3n) is 3.33. The van der Waals surface area contributed by atoms with Gasteiger partial charge in [-0.25, -0.2) is 0 Å². The summed E-state index contributed by atoms with van der Waals surface area (Å²) in [7, 11) is 5.21. The van der Waals surface area contributed by atoms with Crippen LogP contribution in [0.5, 0.6) is 0 Å². The Morgan fingerprint density at radius 2 is 2.00 bits per heavy atom. The molecule has 18 heavy (non-hydrogen) atoms. The lowest BCUT2D eigenvalue weighted by Gasteiger charge is -2.29. The van der Waals surface area contributed by atoms with Gasteiger partial charge in [0, 0.05) is 19.3 Å². The number of para-hydroxylation sites is 1. The Hall–Kier alpha value is -1.55. The van der Waals surface area contributed by atoms with Crippen molar-refractivity contribution in [3.8, 4) is 0 Å². The summed E-state index contributed by atoms with van der Waals surface area (Å²) < 4.78 is 4.82. The number of likely N-dealkylation sites (N-methyl/N-ethyl adjacent to an activating group) is 1. The monoisotopic (exact) mass is 250 g/mol. The molecule has 4 heteroatoms. The Balaban J connectivity index is 2.61. The van der Waals surface area contributed by atoms with Gasteiger partial charge in [0.1, 0.15) is 5.54 Å². The summed E-state index contributed by atoms with van der Waals surface area (Å²) >= 11 is 0. The second-order valence-electron chi connectivity index (χ2n) is 4.58. The third kappa shape index (κ3) is 3.47. The lowest BCUT2D eigenvalue weighted by molar-refractivity contribution is -0.147. The number of nitrogens with zero attached hydrogens (tertiary/aromatic N) is 1. The van der Waals surface area contributed by atoms with Crippen LogP contribution in [0, 0.1) is 0 Å². The summed E-state index contributed by atoms with van der Waals surface area (Å²) in [5, 5.41) is 3.03. The van der Waals surface area contributed by atoms with Gasteiger partial charge in [0.15, 0.2) is 0 Å². The average Bonchev–Trinajstić information content (AvgIpc) is 2.44. The van der Waals surface area contributed by atoms with Crippen LogP contribution >= 0.6 is 0 Å². The lowest BCUT2D eigenvalue weighted by atomic mass is 9.98. The maximum absolute atomic E-state index is 11.7. The van der Waals surface area contributed by atoms with E-state index in [-0.39, 0.29) is 5.97 Å². The number of hydrogen-bond acceptors (Lipinski definition) is 4. The fourth-order valence-electron chi connectivity index (χ4n) is 1.76. The number of methoxy groups -OCH3 is 1. The van der Waals surface area contributed by atoms with Crippen LogP contribution in [0.25, 0.3) is 0 Å². The molecule has 0 radical (unpaired) electrons. The molecule has 100 valence electrons. The quantitative estimate of drug-likeness (QED) is 0.780. The summed E-state index contributed by atoms with van der Waals surface area (Å²) in [6.07, 6.45) is 0.682. The van der Waals surface area contributed by atoms with E-state index in [1.54, 1.807) is 7.05 Å². The highest BCUT2D eigenvalue weighted by Gasteiger charge is 2.32. The zero-order chi connectivity index (χ0) is 13.6. The van der Waals surface area contributed by atoms with Gasteiger partial charge in [0.25, 0.3) is 0 Å². The van der Waals surface area contributed by atoms with Crippen molar-refractivity contribution in [2.75, 3.05) is 32.6 Å². The molecule has 1 aromatic carbocycles. The molecule has 1 aromatic rings. The van der Waals surface area contributed by atoms with Gasteiger partial charge in [-0.2, -0.15) is 0 Å². The Morgan fingerprint density at radius 3 is 2.50 bits per heavy atom. The number of ether oxygens (including phenoxy) is 1. The molecular weight excluding hydrogens is 228 g/mol. The molecule has 1 unspecified atom stereocenters. The van der Waals surface area contributed by atoms with Crippen molar-refractivity contribution >= 4 is 11.7 Å². The maximum Gasteiger partial charge on any atom is 0.325 e. The van der Waals surface area contributed by atoms with Crippen LogP contribution in [0.3, 0.4) is 0 Å². The Labute approximate surface area is 109 Å². The number of nitrogens with one attached hydrogen (secondary N) is 1. The Kier molecular flexibility index (Phi) is 5.16. The number of carbonyl (C=O) groups excluding carboxylic acids is 1. The number of anilines is 1. The first kappa shape index (κ1) is 14.5. The molecule has 1 atom stereocenters. The molecule has 0 aliphatic carbocycles. The molecule has 0 aliphatic heterocycles. The molecule has 1 N–H and O–H groups in total. The lowest BCUT2D eigenvalue weighted by Crippen LogP contribution is -2.50. The SMILES string of the molecule is CNC(C)(CCN(C)c1ccccc1)C(=O)OC. The van der Waals surface area contributed by atoms with Crippen molar-refractivity contribution in [1.29, 1.82) is 0 Å². The molecule has 0 fully saturated rings. The molecule has 0 bridgehead atoms. The van der Waals surface area contributed by atoms with Gasteiger partial charge >= 0.3 is 5.97 Å². The molecule has 0 aliphatic rings. The average molecular weight is 250 g/mol. The first-order valence-corrected chi connectivity index (χ1v) is 6.07. The van der Waals surface area contributed by atoms with Crippen molar-refractivity contribution in [2.24, 2.45) is 0 Å². The van der Waals surface area contributed by atoms with Crippen LogP contribution in [-0.4, -0.2) is 39.3 Å². The minimum absolute atomic E-state index is 0.230. The van der Waals surface area contributed by atoms with E-state index in [9.17, 15) is 4.79 Å². The van der Waals surface area contributed by atoms with Gasteiger partial charge in [-0.15, -0.1) is 0 Å². The van der Waals surface area contributed by atoms with Crippen LogP contribution in [0.1, 0.15) is 13.3 Å². The molecule has 0 aromatic heterocycles. The second kappa shape index (κ2) is 6.40. The van der Waals surface area contributed by atoms with Crippen LogP contribution in [0.15, 0.2) is 30.3 Å². The summed E-state index contributed by atoms with van der Waals surface area (Å²) in [6.45, 7) is 2.63. The highest BCUT2D eigenvalue weighted by molar-refractivity contribution is 5.80. The zero-order valence-corrected chi connectivity index (χ0v) is 11.6. The first-order valence-electron chi connectivity index (χ1n) is 6.07. The van der Waals surface area contributed by atoms with Gasteiger partial charge in [-0.1, -0.05) is 18.2 Å². The minimum Gasteiger partial charge on any atom is -0.468 e. The van der Waals surface area contributed by atoms with Crippen LogP contribution < -0.4 is 10.2 Å². The predicted octanol–water partition coefficient (Wildman–Crippen LogP) is 1.66. The largest absolute Gasteiger partial charge is 0.468 e. The van der Waals surface area contributed by atoms with E-state index in [0.717, 1.165) is 12.2 Å². The van der Waals surface area contributed by atoms with E-state index in [2.05, 4.69) is 22.3 Å². The van der Waals surface area contributed by atoms with Crippen LogP contribution in [0.2, 0.25) is 0 Å². The molecule has 1 rings (SSSR count). The predicted molar refractivity (Wildman–Crippen MR) is 73.8 cm³/mol. The number of esters is 1. The van der Waals surface area contributed by atoms with Gasteiger partial charge in [0.05, 0.1) is 7.11 Å². The highest BCUT2D eigenvalue weighted by atomic mass is 16.5. The van der Waals surface area contributed by atoms with Crippen molar-refractivity contribution in [2.45, 2.75) is 18.9 Å². The van der Waals surface area contributed by atoms with Gasteiger partial charge in [-0.3, -0.25) is 4.79 Å². The number of rotatable bonds is 6. The third-order valence-corrected chi connectivity index (χ3v) is 3.33. The number of benzene rings is 1.